The van der Waals surface area contributed by atoms with Gasteiger partial charge in [0, 0.05) is 0 Å². The lowest BCUT2D eigenvalue weighted by atomic mass is 10.0. The Bertz CT molecular complexity index is 521. The number of aryl methyl sites for hydroxylation is 2. The number of ether oxygens (including phenoxy) is 2. The van der Waals surface area contributed by atoms with Crippen molar-refractivity contribution in [3.8, 4) is 0 Å². The highest BCUT2D eigenvalue weighted by Crippen LogP contribution is 2.30. The molecule has 1 aliphatic rings. The molecule has 0 aromatic heterocycles. The van der Waals surface area contributed by atoms with E-state index in [0.29, 0.717) is 19.9 Å². The van der Waals surface area contributed by atoms with Crippen LogP contribution in [0.25, 0.3) is 0 Å². The highest BCUT2D eigenvalue weighted by molar-refractivity contribution is 9.10. The first kappa shape index (κ1) is 19.4. The molecule has 0 N–H and O–H groups in total. The average molecular weight is 398 g/mol. The highest BCUT2D eigenvalue weighted by Gasteiger charge is 2.30. The maximum atomic E-state index is 13.1. The number of carbonyl (C=O) groups excluding carboxylic acids is 1. The van der Waals surface area contributed by atoms with Gasteiger partial charge in [0.05, 0.1) is 23.7 Å². The molecular weight excluding hydrogens is 370 g/mol. The molecule has 0 bridgehead atoms. The molecule has 1 amide bonds. The van der Waals surface area contributed by atoms with Gasteiger partial charge in [-0.15, -0.1) is 0 Å². The molecule has 134 valence electrons. The van der Waals surface area contributed by atoms with Crippen molar-refractivity contribution >= 4 is 27.5 Å². The maximum Gasteiger partial charge on any atom is 0.240 e. The summed E-state index contributed by atoms with van der Waals surface area (Å²) in [4.78, 5) is 14.9. The Morgan fingerprint density at radius 2 is 1.96 bits per heavy atom. The Labute approximate surface area is 153 Å². The predicted octanol–water partition coefficient (Wildman–Crippen LogP) is 4.08. The fourth-order valence-electron chi connectivity index (χ4n) is 3.08. The van der Waals surface area contributed by atoms with Crippen LogP contribution in [0.2, 0.25) is 0 Å². The molecule has 0 aliphatic carbocycles. The van der Waals surface area contributed by atoms with Gasteiger partial charge in [-0.2, -0.15) is 0 Å². The van der Waals surface area contributed by atoms with Crippen LogP contribution in [0.3, 0.4) is 0 Å². The van der Waals surface area contributed by atoms with E-state index in [4.69, 9.17) is 9.47 Å². The van der Waals surface area contributed by atoms with Crippen LogP contribution in [0.15, 0.2) is 18.2 Å². The summed E-state index contributed by atoms with van der Waals surface area (Å²) in [6.07, 6.45) is 3.53. The number of benzene rings is 1. The van der Waals surface area contributed by atoms with Crippen LogP contribution in [-0.2, 0) is 27.1 Å². The van der Waals surface area contributed by atoms with Crippen LogP contribution >= 0.6 is 15.9 Å². The summed E-state index contributed by atoms with van der Waals surface area (Å²) in [6.45, 7) is 7.75. The summed E-state index contributed by atoms with van der Waals surface area (Å²) < 4.78 is 10.9. The Balaban J connectivity index is 2.39. The monoisotopic (exact) mass is 397 g/mol. The third kappa shape index (κ3) is 4.58. The number of hydrogen-bond donors (Lipinski definition) is 0. The van der Waals surface area contributed by atoms with Crippen LogP contribution in [0.1, 0.15) is 44.7 Å². The third-order valence-electron chi connectivity index (χ3n) is 4.39. The van der Waals surface area contributed by atoms with Gasteiger partial charge in [0.2, 0.25) is 5.91 Å². The van der Waals surface area contributed by atoms with Gasteiger partial charge in [0.1, 0.15) is 12.9 Å². The lowest BCUT2D eigenvalue weighted by molar-refractivity contribution is -0.118. The van der Waals surface area contributed by atoms with Crippen molar-refractivity contribution in [3.05, 3.63) is 29.3 Å². The summed E-state index contributed by atoms with van der Waals surface area (Å²) in [5, 5.41) is 0. The summed E-state index contributed by atoms with van der Waals surface area (Å²) in [7, 11) is 0. The first-order chi connectivity index (χ1) is 11.6. The molecule has 2 atom stereocenters. The summed E-state index contributed by atoms with van der Waals surface area (Å²) in [6, 6.07) is 6.31. The van der Waals surface area contributed by atoms with Gasteiger partial charge in [0.25, 0.3) is 0 Å². The van der Waals surface area contributed by atoms with Crippen molar-refractivity contribution in [1.82, 2.24) is 0 Å². The van der Waals surface area contributed by atoms with Gasteiger partial charge in [-0.3, -0.25) is 4.79 Å². The normalized spacial score (nSPS) is 18.6. The summed E-state index contributed by atoms with van der Waals surface area (Å²) in [5.41, 5.74) is 3.47. The fourth-order valence-corrected chi connectivity index (χ4v) is 3.79. The summed E-state index contributed by atoms with van der Waals surface area (Å²) in [5.74, 6) is 0.114. The fraction of sp³-hybridized carbons (Fsp3) is 0.632. The van der Waals surface area contributed by atoms with Crippen molar-refractivity contribution < 1.29 is 14.3 Å². The van der Waals surface area contributed by atoms with E-state index in [1.807, 2.05) is 4.90 Å². The zero-order valence-electron chi connectivity index (χ0n) is 14.9. The van der Waals surface area contributed by atoms with Gasteiger partial charge >= 0.3 is 0 Å². The molecule has 5 heteroatoms. The van der Waals surface area contributed by atoms with E-state index < -0.39 is 0 Å². The molecule has 1 heterocycles. The van der Waals surface area contributed by atoms with Crippen LogP contribution in [0.4, 0.5) is 5.69 Å². The van der Waals surface area contributed by atoms with Crippen molar-refractivity contribution in [1.29, 1.82) is 0 Å². The minimum Gasteiger partial charge on any atom is -0.353 e. The summed E-state index contributed by atoms with van der Waals surface area (Å²) >= 11 is 3.58. The number of alkyl halides is 1. The number of carbonyl (C=O) groups is 1. The van der Waals surface area contributed by atoms with Crippen LogP contribution in [-0.4, -0.2) is 36.8 Å². The highest BCUT2D eigenvalue weighted by atomic mass is 79.9. The Kier molecular flexibility index (Phi) is 7.72. The van der Waals surface area contributed by atoms with Crippen molar-refractivity contribution in [3.63, 3.8) is 0 Å². The standard InChI is InChI=1S/C19H28BrNO3/c1-4-8-17(20)19(22)21(11-16-12-23-13-24-16)18-14(5-2)9-7-10-15(18)6-3/h7,9-10,16-17H,4-6,8,11-13H2,1-3H3. The molecule has 0 saturated carbocycles. The van der Waals surface area contributed by atoms with E-state index in [-0.39, 0.29) is 16.8 Å². The Hall–Kier alpha value is -0.910. The Morgan fingerprint density at radius 3 is 2.46 bits per heavy atom. The molecule has 1 saturated heterocycles. The molecule has 4 nitrogen and oxygen atoms in total. The first-order valence-electron chi connectivity index (χ1n) is 8.87. The van der Waals surface area contributed by atoms with Crippen LogP contribution < -0.4 is 4.90 Å². The van der Waals surface area contributed by atoms with E-state index >= 15 is 0 Å². The van der Waals surface area contributed by atoms with Crippen molar-refractivity contribution in [2.45, 2.75) is 57.4 Å². The van der Waals surface area contributed by atoms with Crippen LogP contribution in [0, 0.1) is 0 Å². The molecule has 2 rings (SSSR count). The number of rotatable bonds is 8. The van der Waals surface area contributed by atoms with E-state index in [9.17, 15) is 4.79 Å². The SMILES string of the molecule is CCCC(Br)C(=O)N(CC1COCO1)c1c(CC)cccc1CC. The predicted molar refractivity (Wildman–Crippen MR) is 101 cm³/mol. The second-order valence-corrected chi connectivity index (χ2v) is 7.22. The first-order valence-corrected chi connectivity index (χ1v) is 9.79. The number of hydrogen-bond acceptors (Lipinski definition) is 3. The Morgan fingerprint density at radius 1 is 1.29 bits per heavy atom. The molecule has 1 aromatic rings. The van der Waals surface area contributed by atoms with Gasteiger partial charge in [-0.25, -0.2) is 0 Å². The molecule has 2 unspecified atom stereocenters. The average Bonchev–Trinajstić information content (AvgIpc) is 3.11. The number of para-hydroxylation sites is 1. The van der Waals surface area contributed by atoms with Crippen molar-refractivity contribution in [2.75, 3.05) is 24.8 Å². The quantitative estimate of drug-likeness (QED) is 0.620. The van der Waals surface area contributed by atoms with E-state index in [2.05, 4.69) is 54.9 Å². The number of nitrogens with zero attached hydrogens (tertiary/aromatic N) is 1. The zero-order valence-corrected chi connectivity index (χ0v) is 16.5. The van der Waals surface area contributed by atoms with Gasteiger partial charge in [-0.1, -0.05) is 61.3 Å². The largest absolute Gasteiger partial charge is 0.353 e. The molecule has 1 aromatic carbocycles. The number of anilines is 1. The second-order valence-electron chi connectivity index (χ2n) is 6.11. The third-order valence-corrected chi connectivity index (χ3v) is 5.24. The second kappa shape index (κ2) is 9.54. The lowest BCUT2D eigenvalue weighted by Gasteiger charge is -2.30. The number of amides is 1. The lowest BCUT2D eigenvalue weighted by Crippen LogP contribution is -2.43. The topological polar surface area (TPSA) is 38.8 Å². The molecule has 1 aliphatic heterocycles. The molecule has 0 radical (unpaired) electrons. The number of halogens is 1. The molecule has 1 fully saturated rings. The molecule has 24 heavy (non-hydrogen) atoms. The van der Waals surface area contributed by atoms with Crippen molar-refractivity contribution in [2.24, 2.45) is 0 Å². The molecular formula is C19H28BrNO3. The van der Waals surface area contributed by atoms with Crippen LogP contribution in [0.5, 0.6) is 0 Å². The van der Waals surface area contributed by atoms with E-state index in [0.717, 1.165) is 31.4 Å². The van der Waals surface area contributed by atoms with E-state index in [1.165, 1.54) is 11.1 Å². The smallest absolute Gasteiger partial charge is 0.240 e. The van der Waals surface area contributed by atoms with Gasteiger partial charge in [0.15, 0.2) is 0 Å². The zero-order chi connectivity index (χ0) is 17.5. The van der Waals surface area contributed by atoms with E-state index in [1.54, 1.807) is 0 Å². The minimum atomic E-state index is -0.167. The maximum absolute atomic E-state index is 13.1. The molecule has 0 spiro atoms. The van der Waals surface area contributed by atoms with Gasteiger partial charge in [-0.05, 0) is 30.4 Å². The minimum absolute atomic E-state index is 0.0649. The van der Waals surface area contributed by atoms with Gasteiger partial charge < -0.3 is 14.4 Å².